The molecule has 0 radical (unpaired) electrons. The number of amides is 2. The molecule has 2 amide bonds. The van der Waals surface area contributed by atoms with Gasteiger partial charge in [0.1, 0.15) is 11.3 Å². The normalized spacial score (nSPS) is 19.5. The summed E-state index contributed by atoms with van der Waals surface area (Å²) >= 11 is 0. The third kappa shape index (κ3) is 2.05. The lowest BCUT2D eigenvalue weighted by Crippen LogP contribution is -2.52. The maximum atomic E-state index is 13.8. The number of carbonyl (C=O) groups excluding carboxylic acids is 2. The molecule has 0 fully saturated rings. The molecule has 1 unspecified atom stereocenters. The highest BCUT2D eigenvalue weighted by atomic mass is 16.4. The first kappa shape index (κ1) is 17.7. The SMILES string of the molecule is CN1C(=O)C2(c3ccccc31)c1c(oc3ccccc3c1=O)C(=O)N2Cc1ccco1. The Morgan fingerprint density at radius 2 is 1.71 bits per heavy atom. The van der Waals surface area contributed by atoms with Crippen LogP contribution in [0.5, 0.6) is 0 Å². The van der Waals surface area contributed by atoms with E-state index in [1.165, 1.54) is 16.1 Å². The van der Waals surface area contributed by atoms with Gasteiger partial charge in [0.15, 0.2) is 11.0 Å². The summed E-state index contributed by atoms with van der Waals surface area (Å²) in [5.41, 5.74) is -0.416. The largest absolute Gasteiger partial charge is 0.467 e. The molecule has 6 rings (SSSR count). The monoisotopic (exact) mass is 412 g/mol. The van der Waals surface area contributed by atoms with E-state index in [1.54, 1.807) is 61.6 Å². The van der Waals surface area contributed by atoms with Crippen LogP contribution in [0.15, 0.2) is 80.6 Å². The van der Waals surface area contributed by atoms with Crippen molar-refractivity contribution in [3.8, 4) is 0 Å². The van der Waals surface area contributed by atoms with Gasteiger partial charge in [0.25, 0.3) is 11.8 Å². The molecule has 0 aliphatic carbocycles. The first-order valence-electron chi connectivity index (χ1n) is 9.83. The Bertz CT molecular complexity index is 1450. The Morgan fingerprint density at radius 1 is 0.935 bits per heavy atom. The zero-order chi connectivity index (χ0) is 21.3. The molecule has 4 aromatic rings. The van der Waals surface area contributed by atoms with E-state index in [1.807, 2.05) is 6.07 Å². The van der Waals surface area contributed by atoms with Crippen molar-refractivity contribution in [3.63, 3.8) is 0 Å². The molecule has 31 heavy (non-hydrogen) atoms. The summed E-state index contributed by atoms with van der Waals surface area (Å²) in [5, 5.41) is 0.327. The summed E-state index contributed by atoms with van der Waals surface area (Å²) in [6, 6.07) is 17.4. The minimum Gasteiger partial charge on any atom is -0.467 e. The number of benzene rings is 2. The first-order chi connectivity index (χ1) is 15.0. The maximum Gasteiger partial charge on any atom is 0.291 e. The number of fused-ring (bicyclic) bond motifs is 5. The Morgan fingerprint density at radius 3 is 2.52 bits per heavy atom. The molecule has 0 N–H and O–H groups in total. The third-order valence-electron chi connectivity index (χ3n) is 6.17. The molecule has 0 saturated heterocycles. The van der Waals surface area contributed by atoms with Crippen molar-refractivity contribution in [2.45, 2.75) is 12.1 Å². The molecule has 4 heterocycles. The molecule has 2 aromatic carbocycles. The van der Waals surface area contributed by atoms with E-state index in [4.69, 9.17) is 8.83 Å². The van der Waals surface area contributed by atoms with Crippen LogP contribution in [0.4, 0.5) is 5.69 Å². The molecule has 7 nitrogen and oxygen atoms in total. The van der Waals surface area contributed by atoms with Crippen LogP contribution in [0.25, 0.3) is 11.0 Å². The molecule has 1 spiro atoms. The number of rotatable bonds is 2. The molecular formula is C24H16N2O5. The van der Waals surface area contributed by atoms with Crippen molar-refractivity contribution in [3.05, 3.63) is 99.8 Å². The fraction of sp³-hybridized carbons (Fsp3) is 0.125. The lowest BCUT2D eigenvalue weighted by Gasteiger charge is -2.33. The molecule has 2 aliphatic heterocycles. The quantitative estimate of drug-likeness (QED) is 0.505. The third-order valence-corrected chi connectivity index (χ3v) is 6.17. The smallest absolute Gasteiger partial charge is 0.291 e. The van der Waals surface area contributed by atoms with Crippen molar-refractivity contribution in [1.29, 1.82) is 0 Å². The molecule has 0 bridgehead atoms. The molecule has 1 atom stereocenters. The van der Waals surface area contributed by atoms with E-state index in [0.717, 1.165) is 0 Å². The second kappa shape index (κ2) is 5.95. The second-order valence-corrected chi connectivity index (χ2v) is 7.69. The van der Waals surface area contributed by atoms with Gasteiger partial charge in [-0.3, -0.25) is 14.4 Å². The maximum absolute atomic E-state index is 13.8. The predicted octanol–water partition coefficient (Wildman–Crippen LogP) is 3.26. The summed E-state index contributed by atoms with van der Waals surface area (Å²) in [7, 11) is 1.64. The fourth-order valence-electron chi connectivity index (χ4n) is 4.82. The molecule has 2 aromatic heterocycles. The van der Waals surface area contributed by atoms with Gasteiger partial charge in [0.05, 0.1) is 23.8 Å². The van der Waals surface area contributed by atoms with E-state index in [2.05, 4.69) is 0 Å². The molecule has 7 heteroatoms. The Hall–Kier alpha value is -4.13. The number of furan rings is 1. The van der Waals surface area contributed by atoms with Crippen LogP contribution < -0.4 is 10.3 Å². The highest BCUT2D eigenvalue weighted by molar-refractivity contribution is 6.16. The summed E-state index contributed by atoms with van der Waals surface area (Å²) in [6.45, 7) is 0.0136. The van der Waals surface area contributed by atoms with Crippen LogP contribution in [0.3, 0.4) is 0 Å². The fourth-order valence-corrected chi connectivity index (χ4v) is 4.82. The minimum atomic E-state index is -1.62. The summed E-state index contributed by atoms with van der Waals surface area (Å²) in [6.07, 6.45) is 1.50. The average Bonchev–Trinajstić information content (AvgIpc) is 3.45. The average molecular weight is 412 g/mol. The number of nitrogens with zero attached hydrogens (tertiary/aromatic N) is 2. The lowest BCUT2D eigenvalue weighted by molar-refractivity contribution is -0.126. The van der Waals surface area contributed by atoms with Gasteiger partial charge < -0.3 is 18.6 Å². The molecule has 0 saturated carbocycles. The summed E-state index contributed by atoms with van der Waals surface area (Å²) in [4.78, 5) is 44.1. The van der Waals surface area contributed by atoms with Crippen LogP contribution in [0.2, 0.25) is 0 Å². The van der Waals surface area contributed by atoms with Crippen LogP contribution in [-0.4, -0.2) is 23.8 Å². The van der Waals surface area contributed by atoms with Gasteiger partial charge in [0.2, 0.25) is 5.76 Å². The Balaban J connectivity index is 1.75. The van der Waals surface area contributed by atoms with E-state index in [-0.39, 0.29) is 29.2 Å². The second-order valence-electron chi connectivity index (χ2n) is 7.69. The van der Waals surface area contributed by atoms with E-state index in [9.17, 15) is 14.4 Å². The van der Waals surface area contributed by atoms with Crippen molar-refractivity contribution >= 4 is 28.5 Å². The van der Waals surface area contributed by atoms with E-state index >= 15 is 0 Å². The lowest BCUT2D eigenvalue weighted by atomic mass is 9.84. The minimum absolute atomic E-state index is 0.0136. The Kier molecular flexibility index (Phi) is 3.40. The summed E-state index contributed by atoms with van der Waals surface area (Å²) < 4.78 is 11.4. The van der Waals surface area contributed by atoms with Crippen LogP contribution in [0, 0.1) is 0 Å². The number of likely N-dealkylation sites (N-methyl/N-ethyl adjacent to an activating group) is 1. The predicted molar refractivity (Wildman–Crippen MR) is 112 cm³/mol. The number of hydrogen-bond donors (Lipinski definition) is 0. The number of para-hydroxylation sites is 2. The van der Waals surface area contributed by atoms with Crippen molar-refractivity contribution in [1.82, 2.24) is 4.90 Å². The van der Waals surface area contributed by atoms with Gasteiger partial charge in [-0.15, -0.1) is 0 Å². The summed E-state index contributed by atoms with van der Waals surface area (Å²) in [5.74, 6) is -0.506. The van der Waals surface area contributed by atoms with Crippen molar-refractivity contribution in [2.75, 3.05) is 11.9 Å². The molecular weight excluding hydrogens is 396 g/mol. The van der Waals surface area contributed by atoms with Crippen LogP contribution in [0.1, 0.15) is 27.4 Å². The van der Waals surface area contributed by atoms with Crippen LogP contribution >= 0.6 is 0 Å². The first-order valence-corrected chi connectivity index (χ1v) is 9.83. The van der Waals surface area contributed by atoms with Crippen molar-refractivity contribution < 1.29 is 18.4 Å². The van der Waals surface area contributed by atoms with Gasteiger partial charge in [-0.25, -0.2) is 0 Å². The van der Waals surface area contributed by atoms with Crippen molar-refractivity contribution in [2.24, 2.45) is 0 Å². The van der Waals surface area contributed by atoms with Gasteiger partial charge >= 0.3 is 0 Å². The molecule has 2 aliphatic rings. The standard InChI is InChI=1S/C24H16N2O5/c1-25-17-10-4-3-9-16(17)24(23(25)29)19-20(27)15-8-2-5-11-18(15)31-21(19)22(28)26(24)13-14-7-6-12-30-14/h2-12H,13H2,1H3. The Labute approximate surface area is 176 Å². The van der Waals surface area contributed by atoms with E-state index in [0.29, 0.717) is 28.0 Å². The topological polar surface area (TPSA) is 84.0 Å². The van der Waals surface area contributed by atoms with Gasteiger partial charge in [-0.1, -0.05) is 30.3 Å². The highest BCUT2D eigenvalue weighted by Gasteiger charge is 2.64. The number of anilines is 1. The van der Waals surface area contributed by atoms with Crippen LogP contribution in [-0.2, 0) is 16.9 Å². The van der Waals surface area contributed by atoms with Gasteiger partial charge in [-0.2, -0.15) is 0 Å². The zero-order valence-electron chi connectivity index (χ0n) is 16.5. The van der Waals surface area contributed by atoms with Gasteiger partial charge in [0, 0.05) is 18.3 Å². The number of hydrogen-bond acceptors (Lipinski definition) is 5. The highest BCUT2D eigenvalue weighted by Crippen LogP contribution is 2.52. The van der Waals surface area contributed by atoms with E-state index < -0.39 is 11.4 Å². The number of carbonyl (C=O) groups is 2. The van der Waals surface area contributed by atoms with Gasteiger partial charge in [-0.05, 0) is 30.3 Å². The zero-order valence-corrected chi connectivity index (χ0v) is 16.5. The molecule has 152 valence electrons.